The molecule has 1 aliphatic rings. The van der Waals surface area contributed by atoms with Crippen molar-refractivity contribution in [3.63, 3.8) is 0 Å². The van der Waals surface area contributed by atoms with E-state index in [9.17, 15) is 4.79 Å². The molecule has 1 unspecified atom stereocenters. The quantitative estimate of drug-likeness (QED) is 0.815. The van der Waals surface area contributed by atoms with Crippen molar-refractivity contribution in [3.8, 4) is 5.75 Å². The lowest BCUT2D eigenvalue weighted by Crippen LogP contribution is -2.19. The van der Waals surface area contributed by atoms with Gasteiger partial charge in [-0.15, -0.1) is 0 Å². The Morgan fingerprint density at radius 2 is 2.44 bits per heavy atom. The molecule has 1 heterocycles. The van der Waals surface area contributed by atoms with Gasteiger partial charge in [-0.2, -0.15) is 0 Å². The minimum atomic E-state index is -0.768. The van der Waals surface area contributed by atoms with Gasteiger partial charge in [0.05, 0.1) is 13.0 Å². The summed E-state index contributed by atoms with van der Waals surface area (Å²) in [5, 5.41) is 11.9. The van der Waals surface area contributed by atoms with Crippen LogP contribution >= 0.6 is 0 Å². The van der Waals surface area contributed by atoms with Gasteiger partial charge in [-0.3, -0.25) is 4.79 Å². The fourth-order valence-electron chi connectivity index (χ4n) is 2.01. The van der Waals surface area contributed by atoms with Crippen LogP contribution < -0.4 is 10.1 Å². The van der Waals surface area contributed by atoms with Crippen LogP contribution in [0.25, 0.3) is 0 Å². The van der Waals surface area contributed by atoms with E-state index in [0.29, 0.717) is 6.61 Å². The summed E-state index contributed by atoms with van der Waals surface area (Å²) < 4.78 is 5.40. The molecule has 1 aliphatic heterocycles. The van der Waals surface area contributed by atoms with Crippen LogP contribution in [0.4, 0.5) is 5.69 Å². The summed E-state index contributed by atoms with van der Waals surface area (Å²) in [5.74, 6) is 0.0781. The highest BCUT2D eigenvalue weighted by Crippen LogP contribution is 2.30. The summed E-state index contributed by atoms with van der Waals surface area (Å²) in [7, 11) is 0. The Morgan fingerprint density at radius 3 is 3.12 bits per heavy atom. The third-order valence-electron chi connectivity index (χ3n) is 2.63. The Hall–Kier alpha value is -1.71. The van der Waals surface area contributed by atoms with Crippen LogP contribution in [0.1, 0.15) is 18.9 Å². The third-order valence-corrected chi connectivity index (χ3v) is 2.63. The van der Waals surface area contributed by atoms with Gasteiger partial charge in [0, 0.05) is 11.7 Å². The zero-order chi connectivity index (χ0) is 11.5. The zero-order valence-electron chi connectivity index (χ0n) is 9.19. The van der Waals surface area contributed by atoms with Crippen molar-refractivity contribution in [2.45, 2.75) is 25.8 Å². The van der Waals surface area contributed by atoms with E-state index in [-0.39, 0.29) is 12.5 Å². The third kappa shape index (κ3) is 2.27. The fourth-order valence-corrected chi connectivity index (χ4v) is 2.01. The van der Waals surface area contributed by atoms with E-state index >= 15 is 0 Å². The topological polar surface area (TPSA) is 58.6 Å². The molecule has 0 aliphatic carbocycles. The molecule has 0 saturated carbocycles. The van der Waals surface area contributed by atoms with Crippen LogP contribution in [-0.2, 0) is 11.2 Å². The number of carbonyl (C=O) groups is 1. The van der Waals surface area contributed by atoms with Gasteiger partial charge in [0.1, 0.15) is 5.75 Å². The molecule has 0 bridgehead atoms. The number of ether oxygens (including phenoxy) is 1. The van der Waals surface area contributed by atoms with Crippen LogP contribution in [0.3, 0.4) is 0 Å². The summed E-state index contributed by atoms with van der Waals surface area (Å²) in [6, 6.07) is 5.83. The smallest absolute Gasteiger partial charge is 0.305 e. The number of carboxylic acids is 1. The Morgan fingerprint density at radius 1 is 1.62 bits per heavy atom. The maximum atomic E-state index is 10.6. The predicted octanol–water partition coefficient (Wildman–Crippen LogP) is 1.90. The van der Waals surface area contributed by atoms with E-state index < -0.39 is 5.97 Å². The first-order valence-corrected chi connectivity index (χ1v) is 5.43. The molecular weight excluding hydrogens is 206 g/mol. The summed E-state index contributed by atoms with van der Waals surface area (Å²) >= 11 is 0. The highest BCUT2D eigenvalue weighted by molar-refractivity contribution is 5.70. The number of hydrogen-bond donors (Lipinski definition) is 2. The largest absolute Gasteiger partial charge is 0.494 e. The summed E-state index contributed by atoms with van der Waals surface area (Å²) in [4.78, 5) is 10.6. The van der Waals surface area contributed by atoms with Gasteiger partial charge in [-0.1, -0.05) is 0 Å². The maximum Gasteiger partial charge on any atom is 0.305 e. The van der Waals surface area contributed by atoms with Gasteiger partial charge in [-0.05, 0) is 37.1 Å². The molecule has 1 aromatic rings. The minimum Gasteiger partial charge on any atom is -0.494 e. The Labute approximate surface area is 94.2 Å². The van der Waals surface area contributed by atoms with Crippen LogP contribution in [-0.4, -0.2) is 23.7 Å². The van der Waals surface area contributed by atoms with Crippen LogP contribution in [0.15, 0.2) is 18.2 Å². The summed E-state index contributed by atoms with van der Waals surface area (Å²) in [6.07, 6.45) is 0.904. The molecule has 0 aromatic heterocycles. The molecule has 4 heteroatoms. The second-order valence-corrected chi connectivity index (χ2v) is 3.90. The van der Waals surface area contributed by atoms with Crippen molar-refractivity contribution in [2.75, 3.05) is 11.9 Å². The molecule has 4 nitrogen and oxygen atoms in total. The number of carboxylic acid groups (broad SMARTS) is 1. The average molecular weight is 221 g/mol. The Balaban J connectivity index is 2.08. The zero-order valence-corrected chi connectivity index (χ0v) is 9.19. The second-order valence-electron chi connectivity index (χ2n) is 3.90. The van der Waals surface area contributed by atoms with Crippen LogP contribution in [0.5, 0.6) is 5.75 Å². The van der Waals surface area contributed by atoms with Gasteiger partial charge in [0.25, 0.3) is 0 Å². The molecule has 2 N–H and O–H groups in total. The number of nitrogens with one attached hydrogen (secondary N) is 1. The number of anilines is 1. The van der Waals surface area contributed by atoms with E-state index in [1.165, 1.54) is 0 Å². The molecule has 0 fully saturated rings. The normalized spacial score (nSPS) is 17.7. The maximum absolute atomic E-state index is 10.6. The number of hydrogen-bond acceptors (Lipinski definition) is 3. The van der Waals surface area contributed by atoms with Gasteiger partial charge < -0.3 is 15.2 Å². The molecule has 0 saturated heterocycles. The molecule has 86 valence electrons. The highest BCUT2D eigenvalue weighted by atomic mass is 16.5. The minimum absolute atomic E-state index is 0.00405. The monoisotopic (exact) mass is 221 g/mol. The first-order chi connectivity index (χ1) is 7.69. The fraction of sp³-hybridized carbons (Fsp3) is 0.417. The highest BCUT2D eigenvalue weighted by Gasteiger charge is 2.22. The van der Waals surface area contributed by atoms with Gasteiger partial charge in [0.2, 0.25) is 0 Å². The standard InChI is InChI=1S/C12H15NO3/c1-2-16-10-3-4-11-8(6-10)5-9(13-11)7-12(14)15/h3-4,6,9,13H,2,5,7H2,1H3,(H,14,15). The van der Waals surface area contributed by atoms with Crippen LogP contribution in [0, 0.1) is 0 Å². The number of fused-ring (bicyclic) bond motifs is 1. The molecule has 2 rings (SSSR count). The van der Waals surface area contributed by atoms with Crippen molar-refractivity contribution in [1.29, 1.82) is 0 Å². The van der Waals surface area contributed by atoms with E-state index in [1.54, 1.807) is 0 Å². The van der Waals surface area contributed by atoms with E-state index in [2.05, 4.69) is 5.32 Å². The number of aliphatic carboxylic acids is 1. The van der Waals surface area contributed by atoms with E-state index in [1.807, 2.05) is 25.1 Å². The molecule has 1 atom stereocenters. The van der Waals surface area contributed by atoms with E-state index in [4.69, 9.17) is 9.84 Å². The average Bonchev–Trinajstić information content (AvgIpc) is 2.58. The Bertz CT molecular complexity index is 403. The van der Waals surface area contributed by atoms with Gasteiger partial charge in [0.15, 0.2) is 0 Å². The van der Waals surface area contributed by atoms with Crippen molar-refractivity contribution >= 4 is 11.7 Å². The molecule has 0 amide bonds. The van der Waals surface area contributed by atoms with Crippen molar-refractivity contribution < 1.29 is 14.6 Å². The van der Waals surface area contributed by atoms with E-state index in [0.717, 1.165) is 23.4 Å². The molecule has 0 spiro atoms. The lowest BCUT2D eigenvalue weighted by atomic mass is 10.1. The predicted molar refractivity (Wildman–Crippen MR) is 61.0 cm³/mol. The first kappa shape index (κ1) is 10.8. The summed E-state index contributed by atoms with van der Waals surface area (Å²) in [5.41, 5.74) is 2.16. The van der Waals surface area contributed by atoms with Crippen molar-refractivity contribution in [3.05, 3.63) is 23.8 Å². The molecule has 16 heavy (non-hydrogen) atoms. The number of rotatable bonds is 4. The first-order valence-electron chi connectivity index (χ1n) is 5.43. The lowest BCUT2D eigenvalue weighted by Gasteiger charge is -2.06. The SMILES string of the molecule is CCOc1ccc2c(c1)CC(CC(=O)O)N2. The molecule has 1 aromatic carbocycles. The van der Waals surface area contributed by atoms with Gasteiger partial charge >= 0.3 is 5.97 Å². The number of benzene rings is 1. The second kappa shape index (κ2) is 4.43. The molecular formula is C12H15NO3. The van der Waals surface area contributed by atoms with Crippen molar-refractivity contribution in [2.24, 2.45) is 0 Å². The van der Waals surface area contributed by atoms with Crippen LogP contribution in [0.2, 0.25) is 0 Å². The van der Waals surface area contributed by atoms with Gasteiger partial charge in [-0.25, -0.2) is 0 Å². The lowest BCUT2D eigenvalue weighted by molar-refractivity contribution is -0.137. The molecule has 0 radical (unpaired) electrons. The van der Waals surface area contributed by atoms with Crippen molar-refractivity contribution in [1.82, 2.24) is 0 Å². The Kier molecular flexibility index (Phi) is 2.99. The summed E-state index contributed by atoms with van der Waals surface area (Å²) in [6.45, 7) is 2.59.